The number of rotatable bonds is 2. The number of aryl methyl sites for hydroxylation is 2. The van der Waals surface area contributed by atoms with Gasteiger partial charge in [-0.05, 0) is 51.7 Å². The first-order valence-corrected chi connectivity index (χ1v) is 8.88. The number of aliphatic imine (C=N–C) groups is 1. The van der Waals surface area contributed by atoms with Crippen molar-refractivity contribution in [2.24, 2.45) is 10.9 Å². The van der Waals surface area contributed by atoms with Gasteiger partial charge in [-0.1, -0.05) is 36.8 Å². The molecule has 2 aromatic rings. The number of likely N-dealkylation sites (tertiary alicyclic amines) is 1. The smallest absolute Gasteiger partial charge is 0.102 e. The molecule has 126 valence electrons. The van der Waals surface area contributed by atoms with Gasteiger partial charge in [-0.25, -0.2) is 4.99 Å². The van der Waals surface area contributed by atoms with Crippen molar-refractivity contribution in [3.05, 3.63) is 47.7 Å². The fraction of sp³-hybridized carbons (Fsp3) is 0.429. The average molecular weight is 321 g/mol. The molecule has 1 fully saturated rings. The van der Waals surface area contributed by atoms with Crippen molar-refractivity contribution in [3.8, 4) is 11.3 Å². The lowest BCUT2D eigenvalue weighted by atomic mass is 9.99. The first-order chi connectivity index (χ1) is 11.5. The minimum absolute atomic E-state index is 0.839. The Morgan fingerprint density at radius 3 is 2.33 bits per heavy atom. The third-order valence-electron chi connectivity index (χ3n) is 4.93. The second-order valence-electron chi connectivity index (χ2n) is 7.00. The molecule has 1 aromatic carbocycles. The Morgan fingerprint density at radius 1 is 1.04 bits per heavy atom. The van der Waals surface area contributed by atoms with E-state index in [1.54, 1.807) is 0 Å². The second kappa shape index (κ2) is 7.16. The van der Waals surface area contributed by atoms with Gasteiger partial charge in [0.2, 0.25) is 0 Å². The Hall–Kier alpha value is -2.16. The SMILES string of the molecule is CC(=Nc1ccc(-c2ccc(C)cc2)nc1C)N1CCC(C)CC1. The first-order valence-electron chi connectivity index (χ1n) is 8.88. The van der Waals surface area contributed by atoms with E-state index in [4.69, 9.17) is 9.98 Å². The number of aromatic nitrogens is 1. The van der Waals surface area contributed by atoms with E-state index in [0.29, 0.717) is 0 Å². The van der Waals surface area contributed by atoms with E-state index in [2.05, 4.69) is 62.1 Å². The van der Waals surface area contributed by atoms with Crippen molar-refractivity contribution in [2.45, 2.75) is 40.5 Å². The first kappa shape index (κ1) is 16.7. The summed E-state index contributed by atoms with van der Waals surface area (Å²) in [6.07, 6.45) is 2.52. The van der Waals surface area contributed by atoms with Crippen LogP contribution in [0.2, 0.25) is 0 Å². The van der Waals surface area contributed by atoms with E-state index in [-0.39, 0.29) is 0 Å². The van der Waals surface area contributed by atoms with Crippen molar-refractivity contribution >= 4 is 11.5 Å². The third kappa shape index (κ3) is 3.84. The molecule has 1 aromatic heterocycles. The summed E-state index contributed by atoms with van der Waals surface area (Å²) >= 11 is 0. The van der Waals surface area contributed by atoms with E-state index in [1.807, 2.05) is 6.92 Å². The molecule has 24 heavy (non-hydrogen) atoms. The van der Waals surface area contributed by atoms with Crippen LogP contribution in [0.4, 0.5) is 5.69 Å². The lowest BCUT2D eigenvalue weighted by Gasteiger charge is -2.31. The highest BCUT2D eigenvalue weighted by atomic mass is 15.2. The lowest BCUT2D eigenvalue weighted by Crippen LogP contribution is -2.36. The highest BCUT2D eigenvalue weighted by Crippen LogP contribution is 2.24. The number of amidine groups is 1. The Labute approximate surface area is 145 Å². The van der Waals surface area contributed by atoms with Crippen molar-refractivity contribution in [1.29, 1.82) is 0 Å². The van der Waals surface area contributed by atoms with Crippen LogP contribution < -0.4 is 0 Å². The largest absolute Gasteiger partial charge is 0.360 e. The zero-order chi connectivity index (χ0) is 17.1. The normalized spacial score (nSPS) is 16.5. The van der Waals surface area contributed by atoms with Crippen LogP contribution in [0.25, 0.3) is 11.3 Å². The molecule has 1 aliphatic rings. The molecule has 0 aliphatic carbocycles. The molecule has 3 rings (SSSR count). The van der Waals surface area contributed by atoms with Crippen LogP contribution >= 0.6 is 0 Å². The van der Waals surface area contributed by atoms with Gasteiger partial charge in [-0.3, -0.25) is 4.98 Å². The molecule has 1 saturated heterocycles. The number of hydrogen-bond acceptors (Lipinski definition) is 2. The molecule has 0 saturated carbocycles. The lowest BCUT2D eigenvalue weighted by molar-refractivity contribution is 0.279. The van der Waals surface area contributed by atoms with E-state index in [1.165, 1.54) is 18.4 Å². The zero-order valence-corrected chi connectivity index (χ0v) is 15.2. The van der Waals surface area contributed by atoms with Gasteiger partial charge in [0.25, 0.3) is 0 Å². The Balaban J connectivity index is 1.79. The molecular formula is C21H27N3. The van der Waals surface area contributed by atoms with Crippen LogP contribution in [0.15, 0.2) is 41.4 Å². The van der Waals surface area contributed by atoms with Gasteiger partial charge in [-0.2, -0.15) is 0 Å². The van der Waals surface area contributed by atoms with Crippen LogP contribution in [-0.4, -0.2) is 28.8 Å². The second-order valence-corrected chi connectivity index (χ2v) is 7.00. The average Bonchev–Trinajstić information content (AvgIpc) is 2.58. The quantitative estimate of drug-likeness (QED) is 0.565. The van der Waals surface area contributed by atoms with Crippen LogP contribution in [0, 0.1) is 19.8 Å². The standard InChI is InChI=1S/C21H27N3/c1-15-5-7-19(8-6-15)21-10-9-20(17(3)22-21)23-18(4)24-13-11-16(2)12-14-24/h5-10,16H,11-14H2,1-4H3. The number of piperidine rings is 1. The van der Waals surface area contributed by atoms with Crippen LogP contribution in [0.3, 0.4) is 0 Å². The molecule has 0 radical (unpaired) electrons. The summed E-state index contributed by atoms with van der Waals surface area (Å²) in [6.45, 7) is 10.8. The molecule has 0 atom stereocenters. The molecule has 0 spiro atoms. The van der Waals surface area contributed by atoms with Gasteiger partial charge in [0, 0.05) is 18.7 Å². The number of benzene rings is 1. The van der Waals surface area contributed by atoms with E-state index >= 15 is 0 Å². The fourth-order valence-electron chi connectivity index (χ4n) is 3.13. The minimum Gasteiger partial charge on any atom is -0.360 e. The summed E-state index contributed by atoms with van der Waals surface area (Å²) in [7, 11) is 0. The van der Waals surface area contributed by atoms with E-state index in [0.717, 1.165) is 47.5 Å². The van der Waals surface area contributed by atoms with E-state index < -0.39 is 0 Å². The third-order valence-corrected chi connectivity index (χ3v) is 4.93. The molecule has 2 heterocycles. The molecule has 0 bridgehead atoms. The molecular weight excluding hydrogens is 294 g/mol. The number of nitrogens with zero attached hydrogens (tertiary/aromatic N) is 3. The maximum atomic E-state index is 4.84. The molecule has 0 amide bonds. The summed E-state index contributed by atoms with van der Waals surface area (Å²) in [5.41, 5.74) is 5.39. The summed E-state index contributed by atoms with van der Waals surface area (Å²) in [6, 6.07) is 12.7. The van der Waals surface area contributed by atoms with Gasteiger partial charge >= 0.3 is 0 Å². The summed E-state index contributed by atoms with van der Waals surface area (Å²) in [4.78, 5) is 12.0. The van der Waals surface area contributed by atoms with Gasteiger partial charge in [0.15, 0.2) is 0 Å². The maximum absolute atomic E-state index is 4.84. The molecule has 3 heteroatoms. The summed E-state index contributed by atoms with van der Waals surface area (Å²) in [5.74, 6) is 1.95. The van der Waals surface area contributed by atoms with Gasteiger partial charge in [0.05, 0.1) is 17.1 Å². The molecule has 1 aliphatic heterocycles. The van der Waals surface area contributed by atoms with E-state index in [9.17, 15) is 0 Å². The van der Waals surface area contributed by atoms with Crippen molar-refractivity contribution in [1.82, 2.24) is 9.88 Å². The Kier molecular flexibility index (Phi) is 4.98. The summed E-state index contributed by atoms with van der Waals surface area (Å²) in [5, 5.41) is 0. The van der Waals surface area contributed by atoms with Crippen molar-refractivity contribution in [2.75, 3.05) is 13.1 Å². The van der Waals surface area contributed by atoms with Gasteiger partial charge < -0.3 is 4.90 Å². The predicted octanol–water partition coefficient (Wildman–Crippen LogP) is 5.15. The highest BCUT2D eigenvalue weighted by Gasteiger charge is 2.16. The van der Waals surface area contributed by atoms with Crippen molar-refractivity contribution in [3.63, 3.8) is 0 Å². The van der Waals surface area contributed by atoms with Crippen molar-refractivity contribution < 1.29 is 0 Å². The molecule has 0 N–H and O–H groups in total. The Bertz CT molecular complexity index is 723. The fourth-order valence-corrected chi connectivity index (χ4v) is 3.13. The highest BCUT2D eigenvalue weighted by molar-refractivity contribution is 5.83. The maximum Gasteiger partial charge on any atom is 0.102 e. The molecule has 3 nitrogen and oxygen atoms in total. The zero-order valence-electron chi connectivity index (χ0n) is 15.2. The van der Waals surface area contributed by atoms with Crippen LogP contribution in [0.5, 0.6) is 0 Å². The number of pyridine rings is 1. The summed E-state index contributed by atoms with van der Waals surface area (Å²) < 4.78 is 0. The topological polar surface area (TPSA) is 28.5 Å². The number of hydrogen-bond donors (Lipinski definition) is 0. The van der Waals surface area contributed by atoms with Crippen LogP contribution in [-0.2, 0) is 0 Å². The predicted molar refractivity (Wildman–Crippen MR) is 102 cm³/mol. The van der Waals surface area contributed by atoms with Gasteiger partial charge in [0.1, 0.15) is 5.84 Å². The van der Waals surface area contributed by atoms with Crippen LogP contribution in [0.1, 0.15) is 37.9 Å². The molecule has 0 unspecified atom stereocenters. The monoisotopic (exact) mass is 321 g/mol. The minimum atomic E-state index is 0.839. The Morgan fingerprint density at radius 2 is 1.71 bits per heavy atom. The van der Waals surface area contributed by atoms with Gasteiger partial charge in [-0.15, -0.1) is 0 Å².